The van der Waals surface area contributed by atoms with Crippen LogP contribution < -0.4 is 15.7 Å². The SMILES string of the molecule is C=C(C)COc1ccc2c(C)c(CCC(=O)N[C@@H](CO)c3ccccc3)c(=O)oc2c1. The van der Waals surface area contributed by atoms with Gasteiger partial charge in [-0.3, -0.25) is 4.79 Å². The summed E-state index contributed by atoms with van der Waals surface area (Å²) in [5, 5.41) is 13.2. The van der Waals surface area contributed by atoms with E-state index in [1.165, 1.54) is 0 Å². The Labute approximate surface area is 181 Å². The van der Waals surface area contributed by atoms with E-state index in [0.29, 0.717) is 23.5 Å². The van der Waals surface area contributed by atoms with E-state index in [1.54, 1.807) is 6.07 Å². The monoisotopic (exact) mass is 421 g/mol. The Kier molecular flexibility index (Phi) is 7.26. The molecule has 0 aliphatic carbocycles. The number of amides is 1. The van der Waals surface area contributed by atoms with E-state index in [-0.39, 0.29) is 25.4 Å². The normalized spacial score (nSPS) is 11.8. The number of hydrogen-bond donors (Lipinski definition) is 2. The fourth-order valence-electron chi connectivity index (χ4n) is 3.38. The zero-order valence-corrected chi connectivity index (χ0v) is 17.8. The number of aryl methyl sites for hydroxylation is 1. The average Bonchev–Trinajstić information content (AvgIpc) is 2.76. The molecule has 0 spiro atoms. The molecule has 162 valence electrons. The molecule has 1 amide bonds. The number of benzene rings is 2. The van der Waals surface area contributed by atoms with Crippen molar-refractivity contribution in [3.8, 4) is 5.75 Å². The largest absolute Gasteiger partial charge is 0.489 e. The summed E-state index contributed by atoms with van der Waals surface area (Å²) in [6.07, 6.45) is 0.358. The Morgan fingerprint density at radius 3 is 2.65 bits per heavy atom. The van der Waals surface area contributed by atoms with Gasteiger partial charge in [0.15, 0.2) is 0 Å². The van der Waals surface area contributed by atoms with Gasteiger partial charge in [-0.05, 0) is 49.1 Å². The van der Waals surface area contributed by atoms with Crippen molar-refractivity contribution in [2.75, 3.05) is 13.2 Å². The van der Waals surface area contributed by atoms with Crippen LogP contribution in [-0.4, -0.2) is 24.2 Å². The second-order valence-corrected chi connectivity index (χ2v) is 7.61. The van der Waals surface area contributed by atoms with Gasteiger partial charge in [0.05, 0.1) is 12.6 Å². The van der Waals surface area contributed by atoms with Crippen molar-refractivity contribution in [3.63, 3.8) is 0 Å². The Morgan fingerprint density at radius 2 is 1.97 bits per heavy atom. The summed E-state index contributed by atoms with van der Waals surface area (Å²) >= 11 is 0. The minimum absolute atomic E-state index is 0.111. The Hall–Kier alpha value is -3.38. The summed E-state index contributed by atoms with van der Waals surface area (Å²) in [6.45, 7) is 7.71. The van der Waals surface area contributed by atoms with Gasteiger partial charge in [-0.25, -0.2) is 4.79 Å². The fourth-order valence-corrected chi connectivity index (χ4v) is 3.38. The van der Waals surface area contributed by atoms with Crippen molar-refractivity contribution >= 4 is 16.9 Å². The summed E-state index contributed by atoms with van der Waals surface area (Å²) in [5.41, 5.74) is 2.95. The molecule has 0 bridgehead atoms. The van der Waals surface area contributed by atoms with Crippen LogP contribution in [0.5, 0.6) is 5.75 Å². The predicted octanol–water partition coefficient (Wildman–Crippen LogP) is 3.84. The van der Waals surface area contributed by atoms with Gasteiger partial charge < -0.3 is 19.6 Å². The molecule has 6 nitrogen and oxygen atoms in total. The van der Waals surface area contributed by atoms with Crippen LogP contribution in [0.1, 0.15) is 36.1 Å². The first-order valence-electron chi connectivity index (χ1n) is 10.2. The summed E-state index contributed by atoms with van der Waals surface area (Å²) in [5.74, 6) is 0.353. The number of carbonyl (C=O) groups excluding carboxylic acids is 1. The molecule has 0 saturated heterocycles. The first kappa shape index (κ1) is 22.3. The number of rotatable bonds is 9. The number of aliphatic hydroxyl groups is 1. The van der Waals surface area contributed by atoms with Crippen molar-refractivity contribution in [2.45, 2.75) is 32.7 Å². The number of carbonyl (C=O) groups is 1. The van der Waals surface area contributed by atoms with Crippen molar-refractivity contribution in [1.29, 1.82) is 0 Å². The van der Waals surface area contributed by atoms with Gasteiger partial charge in [-0.1, -0.05) is 36.9 Å². The lowest BCUT2D eigenvalue weighted by molar-refractivity contribution is -0.122. The van der Waals surface area contributed by atoms with Crippen molar-refractivity contribution in [1.82, 2.24) is 5.32 Å². The number of fused-ring (bicyclic) bond motifs is 1. The molecule has 3 aromatic rings. The highest BCUT2D eigenvalue weighted by Gasteiger charge is 2.16. The molecular formula is C25H27NO5. The minimum atomic E-state index is -0.486. The van der Waals surface area contributed by atoms with E-state index < -0.39 is 11.7 Å². The van der Waals surface area contributed by atoms with Crippen LogP contribution in [0.15, 0.2) is 69.9 Å². The molecule has 0 fully saturated rings. The number of aliphatic hydroxyl groups excluding tert-OH is 1. The molecular weight excluding hydrogens is 394 g/mol. The molecule has 2 aromatic carbocycles. The maximum Gasteiger partial charge on any atom is 0.339 e. The van der Waals surface area contributed by atoms with Crippen molar-refractivity contribution < 1.29 is 19.1 Å². The van der Waals surface area contributed by atoms with Crippen LogP contribution in [0.2, 0.25) is 0 Å². The fraction of sp³-hybridized carbons (Fsp3) is 0.280. The van der Waals surface area contributed by atoms with Gasteiger partial charge in [0.1, 0.15) is 17.9 Å². The highest BCUT2D eigenvalue weighted by Crippen LogP contribution is 2.25. The Bertz CT molecular complexity index is 1130. The molecule has 3 rings (SSSR count). The molecule has 0 aliphatic heterocycles. The maximum absolute atomic E-state index is 12.6. The third-order valence-electron chi connectivity index (χ3n) is 5.07. The van der Waals surface area contributed by atoms with Crippen LogP contribution in [0, 0.1) is 6.92 Å². The number of ether oxygens (including phenoxy) is 1. The second-order valence-electron chi connectivity index (χ2n) is 7.61. The van der Waals surface area contributed by atoms with Gasteiger partial charge in [0.2, 0.25) is 5.91 Å². The van der Waals surface area contributed by atoms with Gasteiger partial charge in [0, 0.05) is 23.4 Å². The van der Waals surface area contributed by atoms with E-state index in [4.69, 9.17) is 9.15 Å². The highest BCUT2D eigenvalue weighted by atomic mass is 16.5. The Balaban J connectivity index is 1.72. The van der Waals surface area contributed by atoms with Gasteiger partial charge in [-0.15, -0.1) is 0 Å². The first-order valence-corrected chi connectivity index (χ1v) is 10.2. The van der Waals surface area contributed by atoms with E-state index in [1.807, 2.05) is 56.3 Å². The third kappa shape index (κ3) is 5.61. The topological polar surface area (TPSA) is 88.8 Å². The standard InChI is InChI=1S/C25H27NO5/c1-16(2)15-30-19-9-10-20-17(3)21(25(29)31-23(20)13-19)11-12-24(28)26-22(14-27)18-7-5-4-6-8-18/h4-10,13,22,27H,1,11-12,14-15H2,2-3H3,(H,26,28)/t22-/m0/s1. The molecule has 2 N–H and O–H groups in total. The smallest absolute Gasteiger partial charge is 0.339 e. The predicted molar refractivity (Wildman–Crippen MR) is 120 cm³/mol. The number of nitrogens with one attached hydrogen (secondary N) is 1. The van der Waals surface area contributed by atoms with Crippen LogP contribution >= 0.6 is 0 Å². The van der Waals surface area contributed by atoms with E-state index in [9.17, 15) is 14.7 Å². The van der Waals surface area contributed by atoms with Crippen LogP contribution in [0.25, 0.3) is 11.0 Å². The summed E-state index contributed by atoms with van der Waals surface area (Å²) in [6, 6.07) is 14.1. The van der Waals surface area contributed by atoms with Gasteiger partial charge >= 0.3 is 5.63 Å². The quantitative estimate of drug-likeness (QED) is 0.405. The first-order chi connectivity index (χ1) is 14.9. The zero-order valence-electron chi connectivity index (χ0n) is 17.8. The summed E-state index contributed by atoms with van der Waals surface area (Å²) in [7, 11) is 0. The maximum atomic E-state index is 12.6. The Morgan fingerprint density at radius 1 is 1.23 bits per heavy atom. The summed E-state index contributed by atoms with van der Waals surface area (Å²) in [4.78, 5) is 25.0. The van der Waals surface area contributed by atoms with E-state index in [0.717, 1.165) is 22.1 Å². The minimum Gasteiger partial charge on any atom is -0.489 e. The van der Waals surface area contributed by atoms with Gasteiger partial charge in [-0.2, -0.15) is 0 Å². The molecule has 1 heterocycles. The summed E-state index contributed by atoms with van der Waals surface area (Å²) < 4.78 is 11.1. The molecule has 0 radical (unpaired) electrons. The van der Waals surface area contributed by atoms with E-state index >= 15 is 0 Å². The zero-order chi connectivity index (χ0) is 22.4. The third-order valence-corrected chi connectivity index (χ3v) is 5.07. The molecule has 31 heavy (non-hydrogen) atoms. The lowest BCUT2D eigenvalue weighted by Gasteiger charge is -2.17. The number of hydrogen-bond acceptors (Lipinski definition) is 5. The van der Waals surface area contributed by atoms with Crippen LogP contribution in [0.4, 0.5) is 0 Å². The van der Waals surface area contributed by atoms with E-state index in [2.05, 4.69) is 11.9 Å². The molecule has 0 aliphatic rings. The lowest BCUT2D eigenvalue weighted by Crippen LogP contribution is -2.31. The second kappa shape index (κ2) is 10.1. The van der Waals surface area contributed by atoms with Crippen molar-refractivity contribution in [3.05, 3.63) is 87.8 Å². The molecule has 1 aromatic heterocycles. The molecule has 0 saturated carbocycles. The molecule has 1 atom stereocenters. The average molecular weight is 421 g/mol. The van der Waals surface area contributed by atoms with Crippen LogP contribution in [-0.2, 0) is 11.2 Å². The lowest BCUT2D eigenvalue weighted by atomic mass is 10.0. The van der Waals surface area contributed by atoms with Gasteiger partial charge in [0.25, 0.3) is 0 Å². The van der Waals surface area contributed by atoms with Crippen LogP contribution in [0.3, 0.4) is 0 Å². The molecule has 6 heteroatoms. The van der Waals surface area contributed by atoms with Crippen molar-refractivity contribution in [2.24, 2.45) is 0 Å². The highest BCUT2D eigenvalue weighted by molar-refractivity contribution is 5.83. The molecule has 0 unspecified atom stereocenters.